The minimum Gasteiger partial charge on any atom is -0.456 e. The minimum absolute atomic E-state index is 0.239. The predicted molar refractivity (Wildman–Crippen MR) is 247 cm³/mol. The van der Waals surface area contributed by atoms with Crippen LogP contribution in [0.1, 0.15) is 30.0 Å². The Morgan fingerprint density at radius 1 is 0.525 bits per heavy atom. The van der Waals surface area contributed by atoms with E-state index < -0.39 is 0 Å². The molecule has 3 heterocycles. The summed E-state index contributed by atoms with van der Waals surface area (Å²) in [5, 5.41) is 7.46. The fourth-order valence-corrected chi connectivity index (χ4v) is 10.4. The van der Waals surface area contributed by atoms with E-state index in [0.717, 1.165) is 40.5 Å². The van der Waals surface area contributed by atoms with E-state index in [1.807, 2.05) is 6.07 Å². The second-order valence-electron chi connectivity index (χ2n) is 16.5. The number of fused-ring (bicyclic) bond motifs is 12. The molecule has 0 saturated heterocycles. The van der Waals surface area contributed by atoms with Gasteiger partial charge in [0.25, 0.3) is 0 Å². The van der Waals surface area contributed by atoms with Gasteiger partial charge in [-0.2, -0.15) is 0 Å². The number of aromatic nitrogens is 1. The number of furan rings is 1. The predicted octanol–water partition coefficient (Wildman–Crippen LogP) is 15.1. The van der Waals surface area contributed by atoms with Gasteiger partial charge in [-0.1, -0.05) is 128 Å². The maximum atomic E-state index is 6.33. The maximum absolute atomic E-state index is 6.33. The first-order valence-electron chi connectivity index (χ1n) is 20.8. The molecule has 0 bridgehead atoms. The summed E-state index contributed by atoms with van der Waals surface area (Å²) < 4.78 is 8.81. The highest BCUT2D eigenvalue weighted by Gasteiger charge is 2.29. The van der Waals surface area contributed by atoms with Gasteiger partial charge in [0, 0.05) is 49.6 Å². The number of benzene rings is 8. The average Bonchev–Trinajstić information content (AvgIpc) is 4.04. The van der Waals surface area contributed by atoms with Crippen molar-refractivity contribution in [3.63, 3.8) is 0 Å². The summed E-state index contributed by atoms with van der Waals surface area (Å²) in [6.07, 6.45) is 6.63. The first-order chi connectivity index (χ1) is 29.2. The van der Waals surface area contributed by atoms with Crippen molar-refractivity contribution in [2.45, 2.75) is 19.8 Å². The molecular formula is C56H38N2O. The smallest absolute Gasteiger partial charge is 0.136 e. The van der Waals surface area contributed by atoms with Crippen LogP contribution in [0.4, 0.5) is 11.4 Å². The number of nitrogens with zero attached hydrogens (tertiary/aromatic N) is 2. The van der Waals surface area contributed by atoms with Gasteiger partial charge in [0.1, 0.15) is 11.2 Å². The van der Waals surface area contributed by atoms with E-state index in [2.05, 4.69) is 192 Å². The number of para-hydroxylation sites is 3. The van der Waals surface area contributed by atoms with E-state index in [1.54, 1.807) is 0 Å². The van der Waals surface area contributed by atoms with Crippen LogP contribution in [0, 0.1) is 5.92 Å². The van der Waals surface area contributed by atoms with E-state index in [9.17, 15) is 0 Å². The summed E-state index contributed by atoms with van der Waals surface area (Å²) >= 11 is 0. The van der Waals surface area contributed by atoms with Gasteiger partial charge in [-0.15, -0.1) is 0 Å². The van der Waals surface area contributed by atoms with Gasteiger partial charge >= 0.3 is 0 Å². The van der Waals surface area contributed by atoms with Gasteiger partial charge in [0.05, 0.1) is 22.2 Å². The molecule has 59 heavy (non-hydrogen) atoms. The normalized spacial score (nSPS) is 15.1. The Labute approximate surface area is 341 Å². The third-order valence-electron chi connectivity index (χ3n) is 13.2. The van der Waals surface area contributed by atoms with Crippen LogP contribution in [-0.4, -0.2) is 4.40 Å². The quantitative estimate of drug-likeness (QED) is 0.174. The third kappa shape index (κ3) is 4.76. The molecule has 0 radical (unpaired) electrons. The molecule has 2 aliphatic rings. The molecule has 3 nitrogen and oxygen atoms in total. The molecule has 0 fully saturated rings. The minimum atomic E-state index is 0.239. The third-order valence-corrected chi connectivity index (χ3v) is 13.2. The van der Waals surface area contributed by atoms with Crippen molar-refractivity contribution in [1.29, 1.82) is 0 Å². The molecule has 1 atom stereocenters. The Hall–Kier alpha value is -7.36. The van der Waals surface area contributed by atoms with Gasteiger partial charge in [0.2, 0.25) is 0 Å². The van der Waals surface area contributed by atoms with Crippen LogP contribution in [0.5, 0.6) is 0 Å². The van der Waals surface area contributed by atoms with Crippen LogP contribution < -0.4 is 4.90 Å². The summed E-state index contributed by atoms with van der Waals surface area (Å²) in [7, 11) is 0. The molecule has 1 unspecified atom stereocenters. The largest absolute Gasteiger partial charge is 0.456 e. The van der Waals surface area contributed by atoms with Crippen molar-refractivity contribution in [3.05, 3.63) is 204 Å². The van der Waals surface area contributed by atoms with Crippen LogP contribution in [-0.2, 0) is 6.42 Å². The van der Waals surface area contributed by atoms with Crippen LogP contribution >= 0.6 is 0 Å². The van der Waals surface area contributed by atoms with Gasteiger partial charge in [-0.05, 0) is 118 Å². The lowest BCUT2D eigenvalue weighted by molar-refractivity contribution is 0.667. The lowest BCUT2D eigenvalue weighted by atomic mass is 9.87. The fourth-order valence-electron chi connectivity index (χ4n) is 10.4. The standard InChI is InChI=1S/C56H38N2O/c1-34-30-36(38-22-26-45-44-13-6-9-17-53(44)59-54(45)33-38)23-28-49(34)57(41-24-20-35(21-25-41)37-18-19-40-31-39-10-2-3-11-42(39)48(40)32-37)52-29-27-46-43-12-4-7-15-50(43)58-51-16-8-5-14-47(51)55(52)56(46)58/h2-29,32-34H,30-31H2,1H3. The van der Waals surface area contributed by atoms with Gasteiger partial charge in [0.15, 0.2) is 0 Å². The number of rotatable bonds is 5. The number of allylic oxidation sites excluding steroid dienone is 4. The Balaban J connectivity index is 0.983. The van der Waals surface area contributed by atoms with Gasteiger partial charge in [-0.25, -0.2) is 0 Å². The summed E-state index contributed by atoms with van der Waals surface area (Å²) in [6, 6.07) is 62.6. The van der Waals surface area contributed by atoms with Crippen molar-refractivity contribution < 1.29 is 4.42 Å². The van der Waals surface area contributed by atoms with Crippen LogP contribution in [0.25, 0.3) is 87.9 Å². The van der Waals surface area contributed by atoms with Crippen LogP contribution in [0.15, 0.2) is 192 Å². The monoisotopic (exact) mass is 754 g/mol. The first-order valence-corrected chi connectivity index (χ1v) is 20.8. The summed E-state index contributed by atoms with van der Waals surface area (Å²) in [5.74, 6) is 0.239. The van der Waals surface area contributed by atoms with Gasteiger partial charge < -0.3 is 13.7 Å². The zero-order valence-corrected chi connectivity index (χ0v) is 32.6. The van der Waals surface area contributed by atoms with E-state index in [4.69, 9.17) is 4.42 Å². The Kier molecular flexibility index (Phi) is 6.83. The van der Waals surface area contributed by atoms with Crippen molar-refractivity contribution >= 4 is 77.0 Å². The molecule has 0 N–H and O–H groups in total. The molecular weight excluding hydrogens is 717 g/mol. The molecule has 3 aromatic heterocycles. The highest BCUT2D eigenvalue weighted by Crippen LogP contribution is 2.48. The molecule has 3 heteroatoms. The van der Waals surface area contributed by atoms with Crippen molar-refractivity contribution in [3.8, 4) is 22.3 Å². The SMILES string of the molecule is CC1CC(c2ccc3c(c2)oc2ccccc23)=CC=C1N(c1ccc(-c2ccc3c(c2)-c2ccccc2C3)cc1)c1ccc2c3ccccc3n3c4ccccc4c1c23. The molecule has 8 aromatic carbocycles. The van der Waals surface area contributed by atoms with Crippen LogP contribution in [0.3, 0.4) is 0 Å². The molecule has 0 spiro atoms. The lowest BCUT2D eigenvalue weighted by Crippen LogP contribution is -2.23. The second kappa shape index (κ2) is 12.3. The topological polar surface area (TPSA) is 20.8 Å². The second-order valence-corrected chi connectivity index (χ2v) is 16.5. The van der Waals surface area contributed by atoms with E-state index >= 15 is 0 Å². The summed E-state index contributed by atoms with van der Waals surface area (Å²) in [5.41, 5.74) is 19.8. The maximum Gasteiger partial charge on any atom is 0.136 e. The van der Waals surface area contributed by atoms with Gasteiger partial charge in [-0.3, -0.25) is 0 Å². The Morgan fingerprint density at radius 3 is 2.07 bits per heavy atom. The molecule has 278 valence electrons. The number of hydrogen-bond donors (Lipinski definition) is 0. The molecule has 2 aliphatic carbocycles. The number of anilines is 2. The van der Waals surface area contributed by atoms with E-state index in [1.165, 1.54) is 94.0 Å². The van der Waals surface area contributed by atoms with E-state index in [0.29, 0.717) is 0 Å². The zero-order chi connectivity index (χ0) is 38.8. The highest BCUT2D eigenvalue weighted by atomic mass is 16.3. The summed E-state index contributed by atoms with van der Waals surface area (Å²) in [6.45, 7) is 2.38. The first kappa shape index (κ1) is 32.7. The average molecular weight is 755 g/mol. The molecule has 0 amide bonds. The molecule has 13 rings (SSSR count). The summed E-state index contributed by atoms with van der Waals surface area (Å²) in [4.78, 5) is 2.54. The van der Waals surface area contributed by atoms with Crippen LogP contribution in [0.2, 0.25) is 0 Å². The van der Waals surface area contributed by atoms with E-state index in [-0.39, 0.29) is 5.92 Å². The number of hydrogen-bond acceptors (Lipinski definition) is 2. The van der Waals surface area contributed by atoms with Crippen molar-refractivity contribution in [1.82, 2.24) is 4.40 Å². The Bertz CT molecular complexity index is 3580. The zero-order valence-electron chi connectivity index (χ0n) is 32.6. The Morgan fingerprint density at radius 2 is 1.20 bits per heavy atom. The van der Waals surface area contributed by atoms with Crippen molar-refractivity contribution in [2.75, 3.05) is 4.90 Å². The molecule has 0 aliphatic heterocycles. The van der Waals surface area contributed by atoms with Crippen molar-refractivity contribution in [2.24, 2.45) is 5.92 Å². The highest BCUT2D eigenvalue weighted by molar-refractivity contribution is 6.27. The molecule has 0 saturated carbocycles. The lowest BCUT2D eigenvalue weighted by Gasteiger charge is -2.34. The fraction of sp³-hybridized carbons (Fsp3) is 0.0714. The molecule has 11 aromatic rings.